The van der Waals surface area contributed by atoms with Crippen LogP contribution in [0, 0.1) is 6.92 Å². The molecule has 2 fully saturated rings. The average Bonchev–Trinajstić information content (AvgIpc) is 3.27. The van der Waals surface area contributed by atoms with E-state index >= 15 is 0 Å². The summed E-state index contributed by atoms with van der Waals surface area (Å²) < 4.78 is 6.01. The number of likely N-dealkylation sites (tertiary alicyclic amines) is 2. The zero-order chi connectivity index (χ0) is 22.8. The second-order valence-electron chi connectivity index (χ2n) is 9.42. The topological polar surface area (TPSA) is 90.8 Å². The van der Waals surface area contributed by atoms with Crippen molar-refractivity contribution in [3.63, 3.8) is 0 Å². The average molecular weight is 452 g/mol. The predicted molar refractivity (Wildman–Crippen MR) is 126 cm³/mol. The first kappa shape index (κ1) is 22.1. The SMILES string of the molecule is Cc1c(NCC2Cc3ccccc3O2)ncnc1C(=O)N1CCC(N2CCC(O)CC2)CC1. The van der Waals surface area contributed by atoms with Crippen LogP contribution in [0.25, 0.3) is 0 Å². The summed E-state index contributed by atoms with van der Waals surface area (Å²) in [4.78, 5) is 26.4. The largest absolute Gasteiger partial charge is 0.488 e. The fourth-order valence-corrected chi connectivity index (χ4v) is 5.26. The van der Waals surface area contributed by atoms with Crippen LogP contribution in [0.5, 0.6) is 5.75 Å². The zero-order valence-corrected chi connectivity index (χ0v) is 19.2. The van der Waals surface area contributed by atoms with Crippen LogP contribution in [0.2, 0.25) is 0 Å². The number of piperidine rings is 2. The molecule has 0 aliphatic carbocycles. The molecule has 0 spiro atoms. The van der Waals surface area contributed by atoms with Gasteiger partial charge in [-0.1, -0.05) is 18.2 Å². The second kappa shape index (κ2) is 9.65. The Labute approximate surface area is 195 Å². The van der Waals surface area contributed by atoms with Crippen molar-refractivity contribution in [1.29, 1.82) is 0 Å². The number of benzene rings is 1. The highest BCUT2D eigenvalue weighted by molar-refractivity contribution is 5.94. The lowest BCUT2D eigenvalue weighted by Gasteiger charge is -2.41. The summed E-state index contributed by atoms with van der Waals surface area (Å²) >= 11 is 0. The Bertz CT molecular complexity index is 959. The Morgan fingerprint density at radius 3 is 2.64 bits per heavy atom. The Morgan fingerprint density at radius 1 is 1.12 bits per heavy atom. The highest BCUT2D eigenvalue weighted by atomic mass is 16.5. The smallest absolute Gasteiger partial charge is 0.272 e. The van der Waals surface area contributed by atoms with Gasteiger partial charge in [-0.2, -0.15) is 0 Å². The van der Waals surface area contributed by atoms with Crippen LogP contribution >= 0.6 is 0 Å². The number of hydrogen-bond acceptors (Lipinski definition) is 7. The first-order valence-corrected chi connectivity index (χ1v) is 12.1. The van der Waals surface area contributed by atoms with Crippen LogP contribution in [0.4, 0.5) is 5.82 Å². The van der Waals surface area contributed by atoms with Gasteiger partial charge in [-0.15, -0.1) is 0 Å². The van der Waals surface area contributed by atoms with Gasteiger partial charge in [0.15, 0.2) is 0 Å². The van der Waals surface area contributed by atoms with E-state index < -0.39 is 0 Å². The van der Waals surface area contributed by atoms with Crippen LogP contribution in [0.1, 0.15) is 47.3 Å². The number of aliphatic hydroxyl groups excluding tert-OH is 1. The van der Waals surface area contributed by atoms with Crippen molar-refractivity contribution in [3.05, 3.63) is 47.4 Å². The van der Waals surface area contributed by atoms with Crippen molar-refractivity contribution in [1.82, 2.24) is 19.8 Å². The number of anilines is 1. The number of para-hydroxylation sites is 1. The molecule has 2 aromatic rings. The molecule has 2 saturated heterocycles. The number of rotatable bonds is 5. The van der Waals surface area contributed by atoms with Crippen LogP contribution < -0.4 is 10.1 Å². The molecule has 1 amide bonds. The summed E-state index contributed by atoms with van der Waals surface area (Å²) in [6.45, 7) is 5.92. The van der Waals surface area contributed by atoms with Crippen molar-refractivity contribution >= 4 is 11.7 Å². The van der Waals surface area contributed by atoms with Gasteiger partial charge < -0.3 is 25.0 Å². The Kier molecular flexibility index (Phi) is 6.46. The fraction of sp³-hybridized carbons (Fsp3) is 0.560. The molecule has 1 atom stereocenters. The number of aromatic nitrogens is 2. The number of nitrogens with one attached hydrogen (secondary N) is 1. The van der Waals surface area contributed by atoms with Gasteiger partial charge in [-0.05, 0) is 44.2 Å². The molecule has 3 aliphatic heterocycles. The number of carbonyl (C=O) groups is 1. The van der Waals surface area contributed by atoms with Gasteiger partial charge in [-0.3, -0.25) is 4.79 Å². The molecule has 1 unspecified atom stereocenters. The van der Waals surface area contributed by atoms with E-state index in [1.54, 1.807) is 0 Å². The molecule has 0 bridgehead atoms. The first-order chi connectivity index (χ1) is 16.1. The monoisotopic (exact) mass is 451 g/mol. The molecule has 176 valence electrons. The maximum atomic E-state index is 13.2. The van der Waals surface area contributed by atoms with Crippen LogP contribution in [0.3, 0.4) is 0 Å². The van der Waals surface area contributed by atoms with Crippen molar-refractivity contribution < 1.29 is 14.6 Å². The molecule has 8 heteroatoms. The van der Waals surface area contributed by atoms with Gasteiger partial charge in [0.2, 0.25) is 0 Å². The Morgan fingerprint density at radius 2 is 1.88 bits per heavy atom. The minimum atomic E-state index is -0.151. The third kappa shape index (κ3) is 4.82. The van der Waals surface area contributed by atoms with Crippen molar-refractivity contribution in [2.45, 2.75) is 57.3 Å². The van der Waals surface area contributed by atoms with E-state index in [4.69, 9.17) is 4.74 Å². The number of nitrogens with zero attached hydrogens (tertiary/aromatic N) is 4. The molecule has 4 heterocycles. The highest BCUT2D eigenvalue weighted by Crippen LogP contribution is 2.28. The van der Waals surface area contributed by atoms with Crippen molar-refractivity contribution in [3.8, 4) is 5.75 Å². The van der Waals surface area contributed by atoms with Crippen LogP contribution in [0.15, 0.2) is 30.6 Å². The molecule has 8 nitrogen and oxygen atoms in total. The normalized spacial score (nSPS) is 22.1. The van der Waals surface area contributed by atoms with Gasteiger partial charge >= 0.3 is 0 Å². The predicted octanol–water partition coefficient (Wildman–Crippen LogP) is 2.26. The van der Waals surface area contributed by atoms with E-state index in [1.165, 1.54) is 11.9 Å². The number of fused-ring (bicyclic) bond motifs is 1. The van der Waals surface area contributed by atoms with E-state index in [9.17, 15) is 9.90 Å². The Balaban J connectivity index is 1.16. The summed E-state index contributed by atoms with van der Waals surface area (Å²) in [5.41, 5.74) is 2.48. The summed E-state index contributed by atoms with van der Waals surface area (Å²) in [6, 6.07) is 8.62. The van der Waals surface area contributed by atoms with Gasteiger partial charge in [0.1, 0.15) is 29.7 Å². The lowest BCUT2D eigenvalue weighted by atomic mass is 9.98. The fourth-order valence-electron chi connectivity index (χ4n) is 5.26. The zero-order valence-electron chi connectivity index (χ0n) is 19.2. The summed E-state index contributed by atoms with van der Waals surface area (Å²) in [7, 11) is 0. The van der Waals surface area contributed by atoms with Crippen LogP contribution in [-0.2, 0) is 6.42 Å². The number of hydrogen-bond donors (Lipinski definition) is 2. The van der Waals surface area contributed by atoms with E-state index in [-0.39, 0.29) is 18.1 Å². The van der Waals surface area contributed by atoms with Gasteiger partial charge in [0, 0.05) is 44.2 Å². The minimum absolute atomic E-state index is 0.0185. The molecule has 5 rings (SSSR count). The van der Waals surface area contributed by atoms with Gasteiger partial charge in [0.25, 0.3) is 5.91 Å². The number of aliphatic hydroxyl groups is 1. The third-order valence-corrected chi connectivity index (χ3v) is 7.26. The lowest BCUT2D eigenvalue weighted by molar-refractivity contribution is 0.0355. The van der Waals surface area contributed by atoms with Gasteiger partial charge in [-0.25, -0.2) is 9.97 Å². The molecule has 3 aliphatic rings. The molecule has 33 heavy (non-hydrogen) atoms. The molecule has 1 aromatic heterocycles. The van der Waals surface area contributed by atoms with E-state index in [0.29, 0.717) is 24.1 Å². The Hall–Kier alpha value is -2.71. The van der Waals surface area contributed by atoms with Crippen molar-refractivity contribution in [2.24, 2.45) is 0 Å². The minimum Gasteiger partial charge on any atom is -0.488 e. The number of ether oxygens (including phenoxy) is 1. The molecular weight excluding hydrogens is 418 g/mol. The molecule has 0 radical (unpaired) electrons. The maximum absolute atomic E-state index is 13.2. The molecular formula is C25H33N5O3. The quantitative estimate of drug-likeness (QED) is 0.721. The van der Waals surface area contributed by atoms with Crippen molar-refractivity contribution in [2.75, 3.05) is 38.0 Å². The summed E-state index contributed by atoms with van der Waals surface area (Å²) in [5, 5.41) is 13.1. The maximum Gasteiger partial charge on any atom is 0.272 e. The standard InChI is InChI=1S/C25H33N5O3/c1-17-23(25(32)30-10-6-19(7-11-30)29-12-8-20(31)9-13-29)27-16-28-24(17)26-15-21-14-18-4-2-3-5-22(18)33-21/h2-5,16,19-21,31H,6-15H2,1H3,(H,26,27,28). The highest BCUT2D eigenvalue weighted by Gasteiger charge is 2.31. The molecule has 2 N–H and O–H groups in total. The lowest BCUT2D eigenvalue weighted by Crippen LogP contribution is -2.49. The molecule has 1 aromatic carbocycles. The van der Waals surface area contributed by atoms with Crippen LogP contribution in [-0.4, -0.2) is 81.8 Å². The van der Waals surface area contributed by atoms with Gasteiger partial charge in [0.05, 0.1) is 12.6 Å². The van der Waals surface area contributed by atoms with E-state index in [1.807, 2.05) is 30.0 Å². The van der Waals surface area contributed by atoms with E-state index in [0.717, 1.165) is 69.6 Å². The molecule has 0 saturated carbocycles. The number of amides is 1. The number of carbonyl (C=O) groups excluding carboxylic acids is 1. The third-order valence-electron chi connectivity index (χ3n) is 7.26. The summed E-state index contributed by atoms with van der Waals surface area (Å²) in [6.07, 6.45) is 5.88. The van der Waals surface area contributed by atoms with E-state index in [2.05, 4.69) is 26.3 Å². The first-order valence-electron chi connectivity index (χ1n) is 12.1. The summed E-state index contributed by atoms with van der Waals surface area (Å²) in [5.74, 6) is 1.62. The second-order valence-corrected chi connectivity index (χ2v) is 9.42.